The number of nitrogens with zero attached hydrogens (tertiary/aromatic N) is 1. The summed E-state index contributed by atoms with van der Waals surface area (Å²) in [7, 11) is 1.59. The first-order chi connectivity index (χ1) is 12.1. The van der Waals surface area contributed by atoms with Crippen LogP contribution in [-0.2, 0) is 4.74 Å². The zero-order valence-corrected chi connectivity index (χ0v) is 14.4. The van der Waals surface area contributed by atoms with Crippen LogP contribution in [0.4, 0.5) is 0 Å². The van der Waals surface area contributed by atoms with Gasteiger partial charge in [-0.1, -0.05) is 13.0 Å². The molecule has 1 saturated heterocycles. The number of aliphatic hydroxyl groups excluding tert-OH is 2. The Kier molecular flexibility index (Phi) is 5.27. The van der Waals surface area contributed by atoms with Crippen LogP contribution >= 0.6 is 0 Å². The van der Waals surface area contributed by atoms with Crippen molar-refractivity contribution in [3.8, 4) is 5.75 Å². The van der Waals surface area contributed by atoms with Crippen molar-refractivity contribution in [3.05, 3.63) is 30.0 Å². The number of carbonyl (C=O) groups is 1. The van der Waals surface area contributed by atoms with Crippen molar-refractivity contribution in [2.24, 2.45) is 0 Å². The average molecular weight is 348 g/mol. The summed E-state index contributed by atoms with van der Waals surface area (Å²) in [6.07, 6.45) is -1.29. The fraction of sp³-hybridized carbons (Fsp3) is 0.500. The highest BCUT2D eigenvalue weighted by Gasteiger charge is 2.37. The number of benzene rings is 1. The summed E-state index contributed by atoms with van der Waals surface area (Å²) in [5, 5.41) is 21.0. The predicted molar refractivity (Wildman–Crippen MR) is 92.8 cm³/mol. The number of hydrogen-bond acceptors (Lipinski definition) is 5. The molecule has 25 heavy (non-hydrogen) atoms. The Balaban J connectivity index is 1.93. The largest absolute Gasteiger partial charge is 0.496 e. The number of aromatic nitrogens is 1. The second kappa shape index (κ2) is 7.43. The maximum atomic E-state index is 13.1. The zero-order valence-electron chi connectivity index (χ0n) is 14.4. The van der Waals surface area contributed by atoms with Gasteiger partial charge in [-0.05, 0) is 24.6 Å². The average Bonchev–Trinajstić information content (AvgIpc) is 3.06. The van der Waals surface area contributed by atoms with E-state index in [0.717, 1.165) is 17.3 Å². The van der Waals surface area contributed by atoms with Crippen LogP contribution in [0.15, 0.2) is 24.3 Å². The quantitative estimate of drug-likeness (QED) is 0.753. The first-order valence-corrected chi connectivity index (χ1v) is 8.47. The summed E-state index contributed by atoms with van der Waals surface area (Å²) in [5.74, 6) is 0.452. The van der Waals surface area contributed by atoms with E-state index in [1.54, 1.807) is 18.1 Å². The SMILES string of the molecule is CCCN(C(=O)c1cc2c(OC)cccc2[nH]1)[C@@H]1COC[C@@H](O)[C@H]1O. The minimum atomic E-state index is -1.02. The van der Waals surface area contributed by atoms with Gasteiger partial charge in [-0.15, -0.1) is 0 Å². The molecule has 0 radical (unpaired) electrons. The van der Waals surface area contributed by atoms with Gasteiger partial charge in [-0.3, -0.25) is 4.79 Å². The van der Waals surface area contributed by atoms with Crippen molar-refractivity contribution in [1.29, 1.82) is 0 Å². The van der Waals surface area contributed by atoms with Gasteiger partial charge < -0.3 is 29.6 Å². The van der Waals surface area contributed by atoms with Crippen LogP contribution in [0.1, 0.15) is 23.8 Å². The molecule has 2 heterocycles. The highest BCUT2D eigenvalue weighted by molar-refractivity contribution is 5.99. The molecule has 0 bridgehead atoms. The van der Waals surface area contributed by atoms with Gasteiger partial charge in [0.2, 0.25) is 0 Å². The number of fused-ring (bicyclic) bond motifs is 1. The molecule has 1 aliphatic rings. The fourth-order valence-corrected chi connectivity index (χ4v) is 3.27. The van der Waals surface area contributed by atoms with Crippen LogP contribution < -0.4 is 4.74 Å². The molecule has 2 aromatic rings. The molecule has 3 atom stereocenters. The number of nitrogens with one attached hydrogen (secondary N) is 1. The van der Waals surface area contributed by atoms with E-state index in [9.17, 15) is 15.0 Å². The van der Waals surface area contributed by atoms with Gasteiger partial charge in [-0.25, -0.2) is 0 Å². The van der Waals surface area contributed by atoms with E-state index in [4.69, 9.17) is 9.47 Å². The number of amides is 1. The van der Waals surface area contributed by atoms with Gasteiger partial charge in [0.25, 0.3) is 5.91 Å². The molecular weight excluding hydrogens is 324 g/mol. The Morgan fingerprint density at radius 2 is 2.20 bits per heavy atom. The molecule has 3 rings (SSSR count). The summed E-state index contributed by atoms with van der Waals surface area (Å²) in [6.45, 7) is 2.70. The lowest BCUT2D eigenvalue weighted by Gasteiger charge is -2.39. The van der Waals surface area contributed by atoms with Gasteiger partial charge in [-0.2, -0.15) is 0 Å². The maximum absolute atomic E-state index is 13.1. The number of carbonyl (C=O) groups excluding carboxylic acids is 1. The molecule has 1 aromatic carbocycles. The van der Waals surface area contributed by atoms with E-state index in [0.29, 0.717) is 18.0 Å². The first kappa shape index (κ1) is 17.7. The summed E-state index contributed by atoms with van der Waals surface area (Å²) < 4.78 is 10.7. The summed E-state index contributed by atoms with van der Waals surface area (Å²) in [5.41, 5.74) is 1.22. The molecule has 0 saturated carbocycles. The predicted octanol–water partition coefficient (Wildman–Crippen LogP) is 1.15. The molecular formula is C18H24N2O5. The van der Waals surface area contributed by atoms with Crippen LogP contribution in [0.5, 0.6) is 5.75 Å². The third kappa shape index (κ3) is 3.35. The number of rotatable bonds is 5. The summed E-state index contributed by atoms with van der Waals surface area (Å²) in [4.78, 5) is 17.8. The van der Waals surface area contributed by atoms with Crippen LogP contribution in [0.3, 0.4) is 0 Å². The molecule has 1 fully saturated rings. The molecule has 7 heteroatoms. The molecule has 0 spiro atoms. The third-order valence-electron chi connectivity index (χ3n) is 4.57. The lowest BCUT2D eigenvalue weighted by molar-refractivity contribution is -0.125. The van der Waals surface area contributed by atoms with E-state index in [1.165, 1.54) is 0 Å². The second-order valence-electron chi connectivity index (χ2n) is 6.27. The van der Waals surface area contributed by atoms with Crippen LogP contribution in [0.25, 0.3) is 10.9 Å². The summed E-state index contributed by atoms with van der Waals surface area (Å²) >= 11 is 0. The van der Waals surface area contributed by atoms with Gasteiger partial charge in [0.05, 0.1) is 26.4 Å². The number of ether oxygens (including phenoxy) is 2. The van der Waals surface area contributed by atoms with Gasteiger partial charge in [0.1, 0.15) is 23.7 Å². The minimum Gasteiger partial charge on any atom is -0.496 e. The number of hydrogen-bond donors (Lipinski definition) is 3. The van der Waals surface area contributed by atoms with E-state index < -0.39 is 18.2 Å². The molecule has 136 valence electrons. The van der Waals surface area contributed by atoms with Crippen molar-refractivity contribution in [2.75, 3.05) is 26.9 Å². The van der Waals surface area contributed by atoms with Gasteiger partial charge in [0, 0.05) is 17.4 Å². The topological polar surface area (TPSA) is 95.0 Å². The van der Waals surface area contributed by atoms with Crippen molar-refractivity contribution in [3.63, 3.8) is 0 Å². The number of H-pyrrole nitrogens is 1. The lowest BCUT2D eigenvalue weighted by Crippen LogP contribution is -2.57. The van der Waals surface area contributed by atoms with E-state index in [2.05, 4.69) is 4.98 Å². The van der Waals surface area contributed by atoms with E-state index in [-0.39, 0.29) is 19.1 Å². The third-order valence-corrected chi connectivity index (χ3v) is 4.57. The Bertz CT molecular complexity index is 744. The van der Waals surface area contributed by atoms with Crippen molar-refractivity contribution >= 4 is 16.8 Å². The molecule has 1 aliphatic heterocycles. The Morgan fingerprint density at radius 1 is 1.40 bits per heavy atom. The molecule has 3 N–H and O–H groups in total. The van der Waals surface area contributed by atoms with E-state index in [1.807, 2.05) is 25.1 Å². The molecule has 1 amide bonds. The zero-order chi connectivity index (χ0) is 18.0. The minimum absolute atomic E-state index is 0.0788. The van der Waals surface area contributed by atoms with Crippen LogP contribution in [-0.4, -0.2) is 71.1 Å². The number of aromatic amines is 1. The van der Waals surface area contributed by atoms with Crippen LogP contribution in [0, 0.1) is 0 Å². The van der Waals surface area contributed by atoms with Crippen LogP contribution in [0.2, 0.25) is 0 Å². The fourth-order valence-electron chi connectivity index (χ4n) is 3.27. The number of methoxy groups -OCH3 is 1. The Morgan fingerprint density at radius 3 is 2.92 bits per heavy atom. The monoisotopic (exact) mass is 348 g/mol. The van der Waals surface area contributed by atoms with Gasteiger partial charge >= 0.3 is 0 Å². The first-order valence-electron chi connectivity index (χ1n) is 8.47. The van der Waals surface area contributed by atoms with Crippen molar-refractivity contribution in [2.45, 2.75) is 31.6 Å². The van der Waals surface area contributed by atoms with Gasteiger partial charge in [0.15, 0.2) is 0 Å². The molecule has 0 aliphatic carbocycles. The van der Waals surface area contributed by atoms with E-state index >= 15 is 0 Å². The molecule has 7 nitrogen and oxygen atoms in total. The standard InChI is InChI=1S/C18H24N2O5/c1-3-7-20(14-9-25-10-15(21)17(14)22)18(23)13-8-11-12(19-13)5-4-6-16(11)24-2/h4-6,8,14-15,17,19,21-22H,3,7,9-10H2,1-2H3/t14-,15-,17+/m1/s1. The maximum Gasteiger partial charge on any atom is 0.270 e. The highest BCUT2D eigenvalue weighted by Crippen LogP contribution is 2.27. The van der Waals surface area contributed by atoms with Crippen molar-refractivity contribution in [1.82, 2.24) is 9.88 Å². The normalized spacial score (nSPS) is 23.6. The smallest absolute Gasteiger partial charge is 0.270 e. The number of aliphatic hydroxyl groups is 2. The Labute approximate surface area is 146 Å². The highest BCUT2D eigenvalue weighted by atomic mass is 16.5. The molecule has 0 unspecified atom stereocenters. The summed E-state index contributed by atoms with van der Waals surface area (Å²) in [6, 6.07) is 6.74. The molecule has 1 aromatic heterocycles. The Hall–Kier alpha value is -2.09. The lowest BCUT2D eigenvalue weighted by atomic mass is 10.0. The van der Waals surface area contributed by atoms with Crippen molar-refractivity contribution < 1.29 is 24.5 Å². The second-order valence-corrected chi connectivity index (χ2v) is 6.27.